The number of anilines is 1. The van der Waals surface area contributed by atoms with Gasteiger partial charge >= 0.3 is 0 Å². The molecule has 0 saturated carbocycles. The Morgan fingerprint density at radius 1 is 1.39 bits per heavy atom. The molecule has 0 spiro atoms. The molecule has 0 atom stereocenters. The zero-order valence-electron chi connectivity index (χ0n) is 9.70. The number of nitrogen functional groups attached to an aromatic ring is 1. The Balaban J connectivity index is 2.11. The third-order valence-corrected chi connectivity index (χ3v) is 3.35. The topological polar surface area (TPSA) is 78.9 Å². The molecular formula is C11H11N5OS. The summed E-state index contributed by atoms with van der Waals surface area (Å²) >= 11 is 1.57. The first kappa shape index (κ1) is 11.0. The largest absolute Gasteiger partial charge is 0.481 e. The lowest BCUT2D eigenvalue weighted by molar-refractivity contribution is 0.399. The van der Waals surface area contributed by atoms with Crippen LogP contribution in [-0.4, -0.2) is 26.6 Å². The van der Waals surface area contributed by atoms with Crippen molar-refractivity contribution in [2.24, 2.45) is 0 Å². The number of imidazole rings is 1. The lowest BCUT2D eigenvalue weighted by Gasteiger charge is -2.03. The van der Waals surface area contributed by atoms with Crippen LogP contribution in [0.15, 0.2) is 23.7 Å². The minimum Gasteiger partial charge on any atom is -0.481 e. The van der Waals surface area contributed by atoms with Gasteiger partial charge in [0.25, 0.3) is 0 Å². The number of hydrogen-bond acceptors (Lipinski definition) is 6. The predicted octanol–water partition coefficient (Wildman–Crippen LogP) is 1.53. The molecule has 18 heavy (non-hydrogen) atoms. The number of rotatable bonds is 3. The van der Waals surface area contributed by atoms with Crippen LogP contribution >= 0.6 is 11.3 Å². The zero-order chi connectivity index (χ0) is 12.5. The van der Waals surface area contributed by atoms with Crippen molar-refractivity contribution in [3.8, 4) is 5.88 Å². The average Bonchev–Trinajstić information content (AvgIpc) is 2.99. The van der Waals surface area contributed by atoms with Crippen LogP contribution in [0.4, 0.5) is 5.95 Å². The number of hydrogen-bond donors (Lipinski definition) is 1. The number of ether oxygens (including phenoxy) is 1. The monoisotopic (exact) mass is 261 g/mol. The Bertz CT molecular complexity index is 676. The minimum atomic E-state index is 0.431. The highest BCUT2D eigenvalue weighted by molar-refractivity contribution is 7.09. The number of pyridine rings is 1. The number of nitrogens with zero attached hydrogens (tertiary/aromatic N) is 4. The highest BCUT2D eigenvalue weighted by Crippen LogP contribution is 2.21. The molecule has 0 aromatic carbocycles. The molecule has 0 fully saturated rings. The van der Waals surface area contributed by atoms with E-state index in [0.717, 1.165) is 10.5 Å². The SMILES string of the molecule is COc1ccc2nc(N)n(Cc3nccs3)c2n1. The second-order valence-electron chi connectivity index (χ2n) is 3.68. The van der Waals surface area contributed by atoms with Crippen LogP contribution < -0.4 is 10.5 Å². The van der Waals surface area contributed by atoms with E-state index in [1.807, 2.05) is 16.0 Å². The molecule has 0 bridgehead atoms. The molecule has 2 N–H and O–H groups in total. The van der Waals surface area contributed by atoms with Gasteiger partial charge in [0.15, 0.2) is 5.65 Å². The van der Waals surface area contributed by atoms with Gasteiger partial charge in [-0.1, -0.05) is 0 Å². The number of aromatic nitrogens is 4. The first-order chi connectivity index (χ1) is 8.78. The zero-order valence-corrected chi connectivity index (χ0v) is 10.5. The van der Waals surface area contributed by atoms with E-state index in [2.05, 4.69) is 15.0 Å². The van der Waals surface area contributed by atoms with E-state index >= 15 is 0 Å². The van der Waals surface area contributed by atoms with Gasteiger partial charge in [-0.2, -0.15) is 4.98 Å². The summed E-state index contributed by atoms with van der Waals surface area (Å²) < 4.78 is 6.95. The molecule has 7 heteroatoms. The Labute approximate surface area is 107 Å². The van der Waals surface area contributed by atoms with Gasteiger partial charge in [0.05, 0.1) is 13.7 Å². The normalized spacial score (nSPS) is 10.9. The summed E-state index contributed by atoms with van der Waals surface area (Å²) in [5.41, 5.74) is 7.37. The second kappa shape index (κ2) is 4.26. The number of fused-ring (bicyclic) bond motifs is 1. The van der Waals surface area contributed by atoms with Crippen molar-refractivity contribution in [2.45, 2.75) is 6.54 Å². The first-order valence-electron chi connectivity index (χ1n) is 5.33. The van der Waals surface area contributed by atoms with Crippen molar-refractivity contribution in [3.63, 3.8) is 0 Å². The van der Waals surface area contributed by atoms with E-state index in [-0.39, 0.29) is 0 Å². The molecule has 0 aliphatic rings. The highest BCUT2D eigenvalue weighted by atomic mass is 32.1. The number of nitrogens with two attached hydrogens (primary N) is 1. The number of thiazole rings is 1. The average molecular weight is 261 g/mol. The Hall–Kier alpha value is -2.15. The fourth-order valence-corrected chi connectivity index (χ4v) is 2.34. The molecule has 3 rings (SSSR count). The second-order valence-corrected chi connectivity index (χ2v) is 4.66. The van der Waals surface area contributed by atoms with Gasteiger partial charge in [-0.05, 0) is 6.07 Å². The van der Waals surface area contributed by atoms with E-state index < -0.39 is 0 Å². The van der Waals surface area contributed by atoms with Gasteiger partial charge in [-0.25, -0.2) is 9.97 Å². The van der Waals surface area contributed by atoms with E-state index in [9.17, 15) is 0 Å². The molecule has 3 aromatic rings. The van der Waals surface area contributed by atoms with Crippen molar-refractivity contribution in [1.82, 2.24) is 19.5 Å². The van der Waals surface area contributed by atoms with Crippen molar-refractivity contribution in [2.75, 3.05) is 12.8 Å². The van der Waals surface area contributed by atoms with E-state index in [0.29, 0.717) is 24.0 Å². The maximum atomic E-state index is 5.91. The maximum absolute atomic E-state index is 5.91. The van der Waals surface area contributed by atoms with E-state index in [1.165, 1.54) is 0 Å². The summed E-state index contributed by atoms with van der Waals surface area (Å²) in [7, 11) is 1.58. The molecule has 3 aromatic heterocycles. The molecule has 0 aliphatic carbocycles. The van der Waals surface area contributed by atoms with Crippen LogP contribution in [0.5, 0.6) is 5.88 Å². The van der Waals surface area contributed by atoms with Crippen LogP contribution in [0, 0.1) is 0 Å². The van der Waals surface area contributed by atoms with Crippen molar-refractivity contribution < 1.29 is 4.74 Å². The lowest BCUT2D eigenvalue weighted by Crippen LogP contribution is -2.05. The third kappa shape index (κ3) is 1.78. The minimum absolute atomic E-state index is 0.431. The van der Waals surface area contributed by atoms with Crippen LogP contribution in [0.25, 0.3) is 11.2 Å². The van der Waals surface area contributed by atoms with Gasteiger partial charge in [0, 0.05) is 17.6 Å². The Morgan fingerprint density at radius 3 is 3.00 bits per heavy atom. The summed E-state index contributed by atoms with van der Waals surface area (Å²) in [6.07, 6.45) is 1.77. The fourth-order valence-electron chi connectivity index (χ4n) is 1.74. The van der Waals surface area contributed by atoms with Crippen molar-refractivity contribution in [3.05, 3.63) is 28.7 Å². The highest BCUT2D eigenvalue weighted by Gasteiger charge is 2.11. The van der Waals surface area contributed by atoms with Gasteiger partial charge < -0.3 is 10.5 Å². The van der Waals surface area contributed by atoms with Crippen LogP contribution in [0.3, 0.4) is 0 Å². The van der Waals surface area contributed by atoms with Gasteiger partial charge in [0.1, 0.15) is 10.5 Å². The molecule has 0 saturated heterocycles. The summed E-state index contributed by atoms with van der Waals surface area (Å²) in [4.78, 5) is 12.9. The van der Waals surface area contributed by atoms with E-state index in [1.54, 1.807) is 30.7 Å². The molecular weight excluding hydrogens is 250 g/mol. The molecule has 0 unspecified atom stereocenters. The Kier molecular flexibility index (Phi) is 2.60. The standard InChI is InChI=1S/C11H11N5OS/c1-17-8-3-2-7-10(15-8)16(11(12)14-7)6-9-13-4-5-18-9/h2-5H,6H2,1H3,(H2,12,14). The van der Waals surface area contributed by atoms with Crippen molar-refractivity contribution >= 4 is 28.4 Å². The van der Waals surface area contributed by atoms with Crippen LogP contribution in [0.1, 0.15) is 5.01 Å². The molecule has 92 valence electrons. The van der Waals surface area contributed by atoms with E-state index in [4.69, 9.17) is 10.5 Å². The predicted molar refractivity (Wildman–Crippen MR) is 69.7 cm³/mol. The molecule has 0 aliphatic heterocycles. The molecule has 0 amide bonds. The van der Waals surface area contributed by atoms with Crippen LogP contribution in [0.2, 0.25) is 0 Å². The number of methoxy groups -OCH3 is 1. The fraction of sp³-hybridized carbons (Fsp3) is 0.182. The smallest absolute Gasteiger partial charge is 0.215 e. The van der Waals surface area contributed by atoms with Crippen LogP contribution in [-0.2, 0) is 6.54 Å². The van der Waals surface area contributed by atoms with Gasteiger partial charge in [-0.3, -0.25) is 4.57 Å². The molecule has 3 heterocycles. The van der Waals surface area contributed by atoms with Gasteiger partial charge in [-0.15, -0.1) is 11.3 Å². The van der Waals surface area contributed by atoms with Crippen molar-refractivity contribution in [1.29, 1.82) is 0 Å². The third-order valence-electron chi connectivity index (χ3n) is 2.58. The summed E-state index contributed by atoms with van der Waals surface area (Å²) in [5.74, 6) is 0.976. The quantitative estimate of drug-likeness (QED) is 0.773. The maximum Gasteiger partial charge on any atom is 0.215 e. The summed E-state index contributed by atoms with van der Waals surface area (Å²) in [6, 6.07) is 3.61. The Morgan fingerprint density at radius 2 is 2.28 bits per heavy atom. The van der Waals surface area contributed by atoms with Gasteiger partial charge in [0.2, 0.25) is 11.8 Å². The first-order valence-corrected chi connectivity index (χ1v) is 6.21. The summed E-state index contributed by atoms with van der Waals surface area (Å²) in [5, 5.41) is 2.89. The molecule has 6 nitrogen and oxygen atoms in total. The molecule has 0 radical (unpaired) electrons. The lowest BCUT2D eigenvalue weighted by atomic mass is 10.4. The summed E-state index contributed by atoms with van der Waals surface area (Å²) in [6.45, 7) is 0.570.